The molecule has 8 heteroatoms. The van der Waals surface area contributed by atoms with E-state index in [-0.39, 0.29) is 5.69 Å². The number of aromatic nitrogens is 3. The lowest BCUT2D eigenvalue weighted by Gasteiger charge is -1.98. The minimum absolute atomic E-state index is 0.0528. The molecule has 3 heterocycles. The van der Waals surface area contributed by atoms with Gasteiger partial charge in [-0.2, -0.15) is 5.10 Å². The van der Waals surface area contributed by atoms with Gasteiger partial charge in [-0.3, -0.25) is 14.8 Å². The summed E-state index contributed by atoms with van der Waals surface area (Å²) >= 11 is 1.56. The van der Waals surface area contributed by atoms with Gasteiger partial charge in [0.05, 0.1) is 16.3 Å². The first-order chi connectivity index (χ1) is 10.1. The van der Waals surface area contributed by atoms with Gasteiger partial charge in [0, 0.05) is 6.07 Å². The molecule has 3 aromatic heterocycles. The van der Waals surface area contributed by atoms with Crippen molar-refractivity contribution in [3.8, 4) is 10.6 Å². The van der Waals surface area contributed by atoms with Crippen LogP contribution in [0.2, 0.25) is 0 Å². The minimum Gasteiger partial charge on any atom is -0.355 e. The predicted octanol–water partition coefficient (Wildman–Crippen LogP) is 3.17. The summed E-state index contributed by atoms with van der Waals surface area (Å²) in [6.45, 7) is 3.65. The predicted molar refractivity (Wildman–Crippen MR) is 77.3 cm³/mol. The molecule has 7 nitrogen and oxygen atoms in total. The highest BCUT2D eigenvalue weighted by molar-refractivity contribution is 7.13. The molecule has 0 aliphatic carbocycles. The first-order valence-electron chi connectivity index (χ1n) is 6.24. The zero-order valence-electron chi connectivity index (χ0n) is 11.4. The lowest BCUT2D eigenvalue weighted by molar-refractivity contribution is -0.386. The van der Waals surface area contributed by atoms with Crippen LogP contribution in [0.15, 0.2) is 28.1 Å². The molecule has 3 rings (SSSR count). The monoisotopic (exact) mass is 304 g/mol. The lowest BCUT2D eigenvalue weighted by Crippen LogP contribution is -2.04. The summed E-state index contributed by atoms with van der Waals surface area (Å²) in [7, 11) is 0. The maximum Gasteiger partial charge on any atom is 0.312 e. The average molecular weight is 304 g/mol. The minimum atomic E-state index is -0.409. The van der Waals surface area contributed by atoms with Crippen LogP contribution in [0.3, 0.4) is 0 Å². The molecule has 0 bridgehead atoms. The van der Waals surface area contributed by atoms with Crippen molar-refractivity contribution in [3.05, 3.63) is 50.8 Å². The number of hydrogen-bond donors (Lipinski definition) is 0. The maximum absolute atomic E-state index is 11.0. The molecule has 0 atom stereocenters. The van der Waals surface area contributed by atoms with Gasteiger partial charge >= 0.3 is 5.69 Å². The third-order valence-electron chi connectivity index (χ3n) is 3.16. The number of rotatable bonds is 4. The summed E-state index contributed by atoms with van der Waals surface area (Å²) in [6, 6.07) is 5.71. The van der Waals surface area contributed by atoms with Gasteiger partial charge in [0.15, 0.2) is 5.76 Å². The van der Waals surface area contributed by atoms with E-state index in [9.17, 15) is 10.1 Å². The molecule has 0 amide bonds. The second kappa shape index (κ2) is 5.13. The number of hydrogen-bond acceptors (Lipinski definition) is 6. The van der Waals surface area contributed by atoms with Gasteiger partial charge in [-0.05, 0) is 25.3 Å². The summed E-state index contributed by atoms with van der Waals surface area (Å²) in [5.74, 6) is 0.691. The smallest absolute Gasteiger partial charge is 0.312 e. The van der Waals surface area contributed by atoms with Crippen molar-refractivity contribution in [2.24, 2.45) is 0 Å². The average Bonchev–Trinajstić information content (AvgIpc) is 3.11. The number of aryl methyl sites for hydroxylation is 1. The molecule has 0 saturated carbocycles. The zero-order valence-corrected chi connectivity index (χ0v) is 12.3. The second-order valence-corrected chi connectivity index (χ2v) is 5.54. The van der Waals surface area contributed by atoms with E-state index < -0.39 is 4.92 Å². The molecule has 0 unspecified atom stereocenters. The standard InChI is InChI=1S/C13H12N4O3S/c1-8-13(17(18)19)9(2)16(14-8)7-10-6-11(20-15-10)12-4-3-5-21-12/h3-6H,7H2,1-2H3. The van der Waals surface area contributed by atoms with Crippen molar-refractivity contribution in [1.82, 2.24) is 14.9 Å². The fourth-order valence-electron chi connectivity index (χ4n) is 2.18. The number of thiophene rings is 1. The first-order valence-corrected chi connectivity index (χ1v) is 7.12. The van der Waals surface area contributed by atoms with Crippen molar-refractivity contribution in [1.29, 1.82) is 0 Å². The highest BCUT2D eigenvalue weighted by Gasteiger charge is 2.22. The van der Waals surface area contributed by atoms with Crippen LogP contribution in [0.1, 0.15) is 17.1 Å². The topological polar surface area (TPSA) is 87.0 Å². The van der Waals surface area contributed by atoms with Gasteiger partial charge in [0.25, 0.3) is 0 Å². The van der Waals surface area contributed by atoms with Crippen LogP contribution in [0.5, 0.6) is 0 Å². The van der Waals surface area contributed by atoms with Crippen LogP contribution in [-0.2, 0) is 6.54 Å². The quantitative estimate of drug-likeness (QED) is 0.545. The molecule has 0 N–H and O–H groups in total. The normalized spacial score (nSPS) is 11.0. The van der Waals surface area contributed by atoms with E-state index in [0.29, 0.717) is 29.4 Å². The number of nitrogens with zero attached hydrogens (tertiary/aromatic N) is 4. The van der Waals surface area contributed by atoms with Crippen molar-refractivity contribution in [3.63, 3.8) is 0 Å². The Bertz CT molecular complexity index is 789. The highest BCUT2D eigenvalue weighted by atomic mass is 32.1. The van der Waals surface area contributed by atoms with E-state index in [1.807, 2.05) is 23.6 Å². The van der Waals surface area contributed by atoms with Gasteiger partial charge in [-0.1, -0.05) is 11.2 Å². The summed E-state index contributed by atoms with van der Waals surface area (Å²) < 4.78 is 6.86. The van der Waals surface area contributed by atoms with Crippen LogP contribution in [-0.4, -0.2) is 19.9 Å². The summed E-state index contributed by atoms with van der Waals surface area (Å²) in [5, 5.41) is 21.1. The van der Waals surface area contributed by atoms with Gasteiger partial charge in [-0.15, -0.1) is 11.3 Å². The third kappa shape index (κ3) is 2.45. The Morgan fingerprint density at radius 3 is 2.90 bits per heavy atom. The number of nitro groups is 1. The molecular weight excluding hydrogens is 292 g/mol. The van der Waals surface area contributed by atoms with E-state index in [4.69, 9.17) is 4.52 Å². The van der Waals surface area contributed by atoms with Gasteiger partial charge < -0.3 is 4.52 Å². The zero-order chi connectivity index (χ0) is 15.0. The Kier molecular flexibility index (Phi) is 3.30. The van der Waals surface area contributed by atoms with Gasteiger partial charge in [0.2, 0.25) is 0 Å². The molecule has 108 valence electrons. The van der Waals surface area contributed by atoms with Crippen molar-refractivity contribution in [2.75, 3.05) is 0 Å². The molecular formula is C13H12N4O3S. The summed E-state index contributed by atoms with van der Waals surface area (Å²) in [5.41, 5.74) is 1.65. The van der Waals surface area contributed by atoms with Crippen LogP contribution in [0, 0.1) is 24.0 Å². The van der Waals surface area contributed by atoms with Crippen molar-refractivity contribution >= 4 is 17.0 Å². The summed E-state index contributed by atoms with van der Waals surface area (Å²) in [4.78, 5) is 11.6. The molecule has 3 aromatic rings. The molecule has 0 aromatic carbocycles. The van der Waals surface area contributed by atoms with Crippen LogP contribution in [0.25, 0.3) is 10.6 Å². The Labute approximate surface area is 124 Å². The Morgan fingerprint density at radius 2 is 2.29 bits per heavy atom. The fraction of sp³-hybridized carbons (Fsp3) is 0.231. The lowest BCUT2D eigenvalue weighted by atomic mass is 10.3. The molecule has 0 fully saturated rings. The van der Waals surface area contributed by atoms with E-state index in [0.717, 1.165) is 4.88 Å². The Morgan fingerprint density at radius 1 is 1.48 bits per heavy atom. The van der Waals surface area contributed by atoms with Crippen LogP contribution >= 0.6 is 11.3 Å². The highest BCUT2D eigenvalue weighted by Crippen LogP contribution is 2.26. The molecule has 0 spiro atoms. The van der Waals surface area contributed by atoms with Gasteiger partial charge in [-0.25, -0.2) is 0 Å². The largest absolute Gasteiger partial charge is 0.355 e. The molecule has 0 aliphatic heterocycles. The van der Waals surface area contributed by atoms with Crippen molar-refractivity contribution < 1.29 is 9.45 Å². The molecule has 0 radical (unpaired) electrons. The summed E-state index contributed by atoms with van der Waals surface area (Å²) in [6.07, 6.45) is 0. The van der Waals surface area contributed by atoms with Crippen LogP contribution < -0.4 is 0 Å². The second-order valence-electron chi connectivity index (χ2n) is 4.59. The van der Waals surface area contributed by atoms with Crippen molar-refractivity contribution in [2.45, 2.75) is 20.4 Å². The SMILES string of the molecule is Cc1nn(Cc2cc(-c3cccs3)on2)c(C)c1[N+](=O)[O-]. The third-order valence-corrected chi connectivity index (χ3v) is 4.05. The van der Waals surface area contributed by atoms with E-state index >= 15 is 0 Å². The maximum atomic E-state index is 11.0. The molecule has 0 aliphatic rings. The molecule has 0 saturated heterocycles. The van der Waals surface area contributed by atoms with E-state index in [1.54, 1.807) is 29.9 Å². The molecule has 21 heavy (non-hydrogen) atoms. The van der Waals surface area contributed by atoms with Gasteiger partial charge in [0.1, 0.15) is 17.1 Å². The Balaban J connectivity index is 1.88. The van der Waals surface area contributed by atoms with E-state index in [1.165, 1.54) is 0 Å². The fourth-order valence-corrected chi connectivity index (χ4v) is 2.85. The van der Waals surface area contributed by atoms with Crippen LogP contribution in [0.4, 0.5) is 5.69 Å². The van der Waals surface area contributed by atoms with E-state index in [2.05, 4.69) is 10.3 Å². The first kappa shape index (κ1) is 13.5. The Hall–Kier alpha value is -2.48.